The summed E-state index contributed by atoms with van der Waals surface area (Å²) < 4.78 is 0. The van der Waals surface area contributed by atoms with E-state index in [2.05, 4.69) is 20.9 Å². The van der Waals surface area contributed by atoms with Crippen LogP contribution in [0.15, 0.2) is 54.7 Å². The molecule has 0 aliphatic rings. The van der Waals surface area contributed by atoms with Crippen molar-refractivity contribution in [1.82, 2.24) is 20.9 Å². The first-order valence-corrected chi connectivity index (χ1v) is 12.6. The van der Waals surface area contributed by atoms with Gasteiger partial charge < -0.3 is 47.7 Å². The highest BCUT2D eigenvalue weighted by molar-refractivity contribution is 5.96. The molecule has 0 radical (unpaired) electrons. The van der Waals surface area contributed by atoms with Gasteiger partial charge in [-0.25, -0.2) is 4.79 Å². The fraction of sp³-hybridized carbons (Fsp3) is 0.296. The fourth-order valence-electron chi connectivity index (χ4n) is 4.13. The summed E-state index contributed by atoms with van der Waals surface area (Å²) in [6.07, 6.45) is 1.06. The third kappa shape index (κ3) is 8.52. The molecule has 0 spiro atoms. The summed E-state index contributed by atoms with van der Waals surface area (Å²) in [5.74, 6) is -5.11. The maximum absolute atomic E-state index is 13.2. The average Bonchev–Trinajstić information content (AvgIpc) is 3.34. The number of phenolic OH excluding ortho intramolecular Hbond substituents is 1. The molecule has 0 bridgehead atoms. The van der Waals surface area contributed by atoms with Gasteiger partial charge in [0.1, 0.15) is 23.9 Å². The number of benzene rings is 2. The number of aliphatic hydroxyl groups excluding tert-OH is 1. The Morgan fingerprint density at radius 2 is 1.44 bits per heavy atom. The number of aliphatic hydroxyl groups is 1. The number of hydrogen-bond donors (Lipinski definition) is 9. The number of aromatic hydroxyl groups is 1. The van der Waals surface area contributed by atoms with Crippen LogP contribution in [0.25, 0.3) is 10.9 Å². The molecule has 3 aromatic rings. The van der Waals surface area contributed by atoms with Gasteiger partial charge in [-0.05, 0) is 35.7 Å². The quantitative estimate of drug-likeness (QED) is 0.108. The summed E-state index contributed by atoms with van der Waals surface area (Å²) in [6, 6.07) is 7.43. The first-order valence-electron chi connectivity index (χ1n) is 12.6. The molecule has 0 aliphatic heterocycles. The number of amides is 4. The summed E-state index contributed by atoms with van der Waals surface area (Å²) in [5, 5.41) is 35.8. The highest BCUT2D eigenvalue weighted by Crippen LogP contribution is 2.19. The lowest BCUT2D eigenvalue weighted by Crippen LogP contribution is -2.58. The number of primary amides is 1. The van der Waals surface area contributed by atoms with Crippen molar-refractivity contribution in [1.29, 1.82) is 0 Å². The van der Waals surface area contributed by atoms with Crippen molar-refractivity contribution in [3.8, 4) is 5.75 Å². The number of nitrogens with two attached hydrogens (primary N) is 2. The summed E-state index contributed by atoms with van der Waals surface area (Å²) in [6.45, 7) is -0.907. The van der Waals surface area contributed by atoms with Gasteiger partial charge in [-0.1, -0.05) is 30.3 Å². The number of carboxylic acid groups (broad SMARTS) is 1. The van der Waals surface area contributed by atoms with E-state index in [1.54, 1.807) is 6.20 Å². The summed E-state index contributed by atoms with van der Waals surface area (Å²) in [4.78, 5) is 65.2. The molecule has 0 fully saturated rings. The molecular formula is C27H32N6O8. The van der Waals surface area contributed by atoms with Crippen LogP contribution < -0.4 is 27.4 Å². The number of hydrogen-bond acceptors (Lipinski definition) is 8. The molecule has 4 atom stereocenters. The lowest BCUT2D eigenvalue weighted by atomic mass is 10.0. The molecule has 1 heterocycles. The molecule has 41 heavy (non-hydrogen) atoms. The van der Waals surface area contributed by atoms with Crippen LogP contribution in [0.2, 0.25) is 0 Å². The number of para-hydroxylation sites is 1. The van der Waals surface area contributed by atoms with Crippen molar-refractivity contribution in [2.24, 2.45) is 11.5 Å². The Kier molecular flexibility index (Phi) is 10.4. The first kappa shape index (κ1) is 30.6. The average molecular weight is 569 g/mol. The summed E-state index contributed by atoms with van der Waals surface area (Å²) in [7, 11) is 0. The molecular weight excluding hydrogens is 536 g/mol. The number of phenols is 1. The lowest BCUT2D eigenvalue weighted by molar-refractivity contribution is -0.143. The van der Waals surface area contributed by atoms with Crippen LogP contribution in [0.5, 0.6) is 5.75 Å². The third-order valence-corrected chi connectivity index (χ3v) is 6.30. The Hall–Kier alpha value is -4.95. The first-order chi connectivity index (χ1) is 19.5. The van der Waals surface area contributed by atoms with Crippen LogP contribution in [0.1, 0.15) is 17.5 Å². The number of carboxylic acids is 1. The van der Waals surface area contributed by atoms with E-state index in [4.69, 9.17) is 11.5 Å². The molecule has 14 nitrogen and oxygen atoms in total. The molecule has 2 aromatic carbocycles. The van der Waals surface area contributed by atoms with E-state index < -0.39 is 66.8 Å². The van der Waals surface area contributed by atoms with E-state index in [1.165, 1.54) is 24.3 Å². The number of aliphatic carboxylic acids is 1. The molecule has 14 heteroatoms. The monoisotopic (exact) mass is 568 g/mol. The molecule has 1 aromatic heterocycles. The van der Waals surface area contributed by atoms with Crippen molar-refractivity contribution in [3.05, 3.63) is 65.9 Å². The van der Waals surface area contributed by atoms with Crippen molar-refractivity contribution in [2.75, 3.05) is 6.61 Å². The Balaban J connectivity index is 1.76. The summed E-state index contributed by atoms with van der Waals surface area (Å²) >= 11 is 0. The number of carbonyl (C=O) groups is 5. The Bertz CT molecular complexity index is 1410. The van der Waals surface area contributed by atoms with Crippen LogP contribution in [-0.4, -0.2) is 80.7 Å². The molecule has 0 saturated carbocycles. The maximum atomic E-state index is 13.2. The minimum atomic E-state index is -1.65. The standard InChI is InChI=1S/C27H32N6O8/c28-18(10-15-12-30-19-4-2-1-3-17(15)19)24(37)31-21(11-23(29)36)26(39)32-20(9-14-5-7-16(35)8-6-14)25(38)33-22(13-34)27(40)41/h1-8,12,18,20-22,30,34-35H,9-11,13,28H2,(H2,29,36)(H,31,37)(H,32,39)(H,33,38)(H,40,41). The number of H-pyrrole nitrogens is 1. The van der Waals surface area contributed by atoms with Crippen molar-refractivity contribution in [3.63, 3.8) is 0 Å². The van der Waals surface area contributed by atoms with Gasteiger partial charge in [0.15, 0.2) is 0 Å². The minimum Gasteiger partial charge on any atom is -0.508 e. The van der Waals surface area contributed by atoms with Crippen molar-refractivity contribution in [2.45, 2.75) is 43.4 Å². The lowest BCUT2D eigenvalue weighted by Gasteiger charge is -2.24. The van der Waals surface area contributed by atoms with Gasteiger partial charge >= 0.3 is 5.97 Å². The molecule has 4 unspecified atom stereocenters. The van der Waals surface area contributed by atoms with E-state index in [9.17, 15) is 39.3 Å². The van der Waals surface area contributed by atoms with Crippen molar-refractivity contribution < 1.29 is 39.3 Å². The summed E-state index contributed by atoms with van der Waals surface area (Å²) in [5.41, 5.74) is 13.5. The fourth-order valence-corrected chi connectivity index (χ4v) is 4.13. The molecule has 11 N–H and O–H groups in total. The second-order valence-corrected chi connectivity index (χ2v) is 9.42. The van der Waals surface area contributed by atoms with Gasteiger partial charge in [0, 0.05) is 23.5 Å². The van der Waals surface area contributed by atoms with Crippen LogP contribution in [0.4, 0.5) is 0 Å². The van der Waals surface area contributed by atoms with E-state index in [1.807, 2.05) is 24.3 Å². The van der Waals surface area contributed by atoms with E-state index in [-0.39, 0.29) is 18.6 Å². The maximum Gasteiger partial charge on any atom is 0.328 e. The predicted molar refractivity (Wildman–Crippen MR) is 146 cm³/mol. The van der Waals surface area contributed by atoms with Gasteiger partial charge in [0.25, 0.3) is 0 Å². The third-order valence-electron chi connectivity index (χ3n) is 6.30. The smallest absolute Gasteiger partial charge is 0.328 e. The zero-order chi connectivity index (χ0) is 30.1. The zero-order valence-electron chi connectivity index (χ0n) is 21.9. The highest BCUT2D eigenvalue weighted by Gasteiger charge is 2.31. The number of rotatable bonds is 14. The normalized spacial score (nSPS) is 13.9. The van der Waals surface area contributed by atoms with Gasteiger partial charge in [-0.2, -0.15) is 0 Å². The Labute approximate surface area is 234 Å². The van der Waals surface area contributed by atoms with Gasteiger partial charge in [-0.15, -0.1) is 0 Å². The van der Waals surface area contributed by atoms with E-state index >= 15 is 0 Å². The number of fused-ring (bicyclic) bond motifs is 1. The topological polar surface area (TPSA) is 250 Å². The van der Waals surface area contributed by atoms with Crippen LogP contribution >= 0.6 is 0 Å². The van der Waals surface area contributed by atoms with Gasteiger partial charge in [0.05, 0.1) is 19.1 Å². The zero-order valence-corrected chi connectivity index (χ0v) is 21.9. The second-order valence-electron chi connectivity index (χ2n) is 9.42. The van der Waals surface area contributed by atoms with Crippen molar-refractivity contribution >= 4 is 40.5 Å². The second kappa shape index (κ2) is 13.9. The number of carbonyl (C=O) groups excluding carboxylic acids is 4. The number of nitrogens with one attached hydrogen (secondary N) is 4. The highest BCUT2D eigenvalue weighted by atomic mass is 16.4. The molecule has 0 saturated heterocycles. The molecule has 218 valence electrons. The number of aromatic amines is 1. The molecule has 3 rings (SSSR count). The van der Waals surface area contributed by atoms with Gasteiger partial charge in [-0.3, -0.25) is 19.2 Å². The Morgan fingerprint density at radius 1 is 0.829 bits per heavy atom. The minimum absolute atomic E-state index is 0.0433. The largest absolute Gasteiger partial charge is 0.508 e. The van der Waals surface area contributed by atoms with Crippen LogP contribution in [0.3, 0.4) is 0 Å². The van der Waals surface area contributed by atoms with Crippen LogP contribution in [0, 0.1) is 0 Å². The predicted octanol–water partition coefficient (Wildman–Crippen LogP) is -1.61. The molecule has 4 amide bonds. The van der Waals surface area contributed by atoms with Gasteiger partial charge in [0.2, 0.25) is 23.6 Å². The SMILES string of the molecule is NC(=O)CC(NC(=O)C(N)Cc1c[nH]c2ccccc12)C(=O)NC(Cc1ccc(O)cc1)C(=O)NC(CO)C(=O)O. The van der Waals surface area contributed by atoms with E-state index in [0.717, 1.165) is 16.5 Å². The Morgan fingerprint density at radius 3 is 2.07 bits per heavy atom. The number of aromatic nitrogens is 1. The van der Waals surface area contributed by atoms with E-state index in [0.29, 0.717) is 5.56 Å². The molecule has 0 aliphatic carbocycles. The van der Waals surface area contributed by atoms with Crippen LogP contribution in [-0.2, 0) is 36.8 Å².